The summed E-state index contributed by atoms with van der Waals surface area (Å²) in [5.41, 5.74) is -0.763. The molecule has 3 aliphatic rings. The van der Waals surface area contributed by atoms with Crippen LogP contribution in [0, 0.1) is 5.92 Å². The van der Waals surface area contributed by atoms with Gasteiger partial charge in [0.15, 0.2) is 11.4 Å². The third-order valence-corrected chi connectivity index (χ3v) is 7.20. The topological polar surface area (TPSA) is 117 Å². The highest BCUT2D eigenvalue weighted by Crippen LogP contribution is 2.51. The predicted octanol–water partition coefficient (Wildman–Crippen LogP) is 1.87. The Morgan fingerprint density at radius 2 is 1.97 bits per heavy atom. The molecule has 3 fully saturated rings. The quantitative estimate of drug-likeness (QED) is 0.576. The molecule has 1 aliphatic heterocycles. The van der Waals surface area contributed by atoms with E-state index in [0.29, 0.717) is 22.9 Å². The molecule has 2 amide bonds. The van der Waals surface area contributed by atoms with Gasteiger partial charge in [0.25, 0.3) is 0 Å². The molecule has 2 saturated carbocycles. The Labute approximate surface area is 193 Å². The average molecular weight is 463 g/mol. The van der Waals surface area contributed by atoms with Crippen LogP contribution in [-0.2, 0) is 21.8 Å². The Morgan fingerprint density at radius 1 is 1.18 bits per heavy atom. The summed E-state index contributed by atoms with van der Waals surface area (Å²) in [7, 11) is 0. The monoisotopic (exact) mass is 463 g/mol. The number of likely N-dealkylation sites (tertiary alicyclic amines) is 1. The Bertz CT molecular complexity index is 1330. The maximum absolute atomic E-state index is 15.2. The number of fused-ring (bicyclic) bond motifs is 2. The first-order chi connectivity index (χ1) is 16.4. The van der Waals surface area contributed by atoms with Crippen molar-refractivity contribution in [3.8, 4) is 0 Å². The normalized spacial score (nSPS) is 29.0. The molecule has 1 aromatic carbocycles. The summed E-state index contributed by atoms with van der Waals surface area (Å²) in [6, 6.07) is 9.00. The fraction of sp³-hybridized carbons (Fsp3) is 0.375. The zero-order chi connectivity index (χ0) is 23.6. The first-order valence-electron chi connectivity index (χ1n) is 11.3. The summed E-state index contributed by atoms with van der Waals surface area (Å²) in [6.07, 6.45) is 4.52. The fourth-order valence-corrected chi connectivity index (χ4v) is 5.26. The van der Waals surface area contributed by atoms with Gasteiger partial charge in [0.05, 0.1) is 17.8 Å². The standard InChI is InChI=1S/C24H22FN5O4/c25-24(14-4-2-1-3-5-14)10-19(24)27-22(32)17-9-13-8-16(13)30(17)20(31)12-29-18-11-26-7-6-15(18)21(28-29)23(33)34/h1-7,11,13,16-17,19H,8-10,12H2,(H,27,32)(H,33,34)/t13-,16-,17+,19-,24-/m1/s1. The van der Waals surface area contributed by atoms with Gasteiger partial charge < -0.3 is 15.3 Å². The van der Waals surface area contributed by atoms with E-state index in [0.717, 1.165) is 6.42 Å². The van der Waals surface area contributed by atoms with Crippen LogP contribution in [0.15, 0.2) is 48.8 Å². The van der Waals surface area contributed by atoms with Crippen molar-refractivity contribution >= 4 is 28.7 Å². The van der Waals surface area contributed by atoms with E-state index in [4.69, 9.17) is 0 Å². The largest absolute Gasteiger partial charge is 0.476 e. The molecule has 5 atom stereocenters. The highest BCUT2D eigenvalue weighted by atomic mass is 19.1. The molecular formula is C24H22FN5O4. The van der Waals surface area contributed by atoms with Gasteiger partial charge in [-0.1, -0.05) is 30.3 Å². The highest BCUT2D eigenvalue weighted by molar-refractivity contribution is 6.01. The third kappa shape index (κ3) is 3.24. The minimum Gasteiger partial charge on any atom is -0.476 e. The van der Waals surface area contributed by atoms with Crippen LogP contribution in [0.1, 0.15) is 35.3 Å². The second kappa shape index (κ2) is 7.34. The van der Waals surface area contributed by atoms with Crippen LogP contribution in [0.5, 0.6) is 0 Å². The molecule has 2 aliphatic carbocycles. The number of piperidine rings is 1. The molecule has 6 rings (SSSR count). The van der Waals surface area contributed by atoms with Gasteiger partial charge in [-0.2, -0.15) is 5.10 Å². The zero-order valence-electron chi connectivity index (χ0n) is 18.1. The van der Waals surface area contributed by atoms with Crippen molar-refractivity contribution in [1.82, 2.24) is 25.0 Å². The zero-order valence-corrected chi connectivity index (χ0v) is 18.1. The molecule has 3 aromatic rings. The number of aromatic carboxylic acids is 1. The number of carbonyl (C=O) groups is 3. The van der Waals surface area contributed by atoms with Crippen LogP contribution in [0.4, 0.5) is 4.39 Å². The Kier molecular flexibility index (Phi) is 4.48. The molecule has 0 bridgehead atoms. The second-order valence-electron chi connectivity index (χ2n) is 9.31. The maximum Gasteiger partial charge on any atom is 0.357 e. The molecule has 34 heavy (non-hydrogen) atoms. The van der Waals surface area contributed by atoms with E-state index < -0.39 is 23.7 Å². The fourth-order valence-electron chi connectivity index (χ4n) is 5.26. The summed E-state index contributed by atoms with van der Waals surface area (Å²) >= 11 is 0. The lowest BCUT2D eigenvalue weighted by Gasteiger charge is -2.27. The van der Waals surface area contributed by atoms with Gasteiger partial charge in [0.2, 0.25) is 11.8 Å². The minimum atomic E-state index is -1.58. The van der Waals surface area contributed by atoms with Gasteiger partial charge in [0.1, 0.15) is 12.6 Å². The van der Waals surface area contributed by atoms with Crippen molar-refractivity contribution in [2.75, 3.05) is 0 Å². The lowest BCUT2D eigenvalue weighted by Crippen LogP contribution is -2.50. The Hall–Kier alpha value is -3.82. The minimum absolute atomic E-state index is 0.0226. The average Bonchev–Trinajstić information content (AvgIpc) is 3.65. The van der Waals surface area contributed by atoms with Crippen molar-refractivity contribution < 1.29 is 23.9 Å². The summed E-state index contributed by atoms with van der Waals surface area (Å²) in [6.45, 7) is -0.205. The highest BCUT2D eigenvalue weighted by Gasteiger charge is 2.60. The lowest BCUT2D eigenvalue weighted by molar-refractivity contribution is -0.140. The van der Waals surface area contributed by atoms with Gasteiger partial charge in [-0.15, -0.1) is 0 Å². The molecular weight excluding hydrogens is 441 g/mol. The molecule has 10 heteroatoms. The molecule has 0 unspecified atom stereocenters. The number of rotatable bonds is 6. The number of benzene rings is 1. The van der Waals surface area contributed by atoms with Gasteiger partial charge in [-0.25, -0.2) is 9.18 Å². The number of amides is 2. The molecule has 0 radical (unpaired) electrons. The van der Waals surface area contributed by atoms with E-state index in [-0.39, 0.29) is 42.4 Å². The van der Waals surface area contributed by atoms with Crippen molar-refractivity contribution in [1.29, 1.82) is 0 Å². The van der Waals surface area contributed by atoms with Crippen LogP contribution in [0.2, 0.25) is 0 Å². The lowest BCUT2D eigenvalue weighted by atomic mass is 10.1. The van der Waals surface area contributed by atoms with Crippen LogP contribution >= 0.6 is 0 Å². The number of pyridine rings is 1. The first-order valence-corrected chi connectivity index (χ1v) is 11.3. The van der Waals surface area contributed by atoms with Crippen molar-refractivity contribution in [2.45, 2.75) is 49.6 Å². The molecule has 2 aromatic heterocycles. The molecule has 1 saturated heterocycles. The number of carbonyl (C=O) groups excluding carboxylic acids is 2. The van der Waals surface area contributed by atoms with Crippen LogP contribution in [0.25, 0.3) is 10.9 Å². The molecule has 174 valence electrons. The number of aromatic nitrogens is 3. The van der Waals surface area contributed by atoms with Crippen molar-refractivity contribution in [2.24, 2.45) is 5.92 Å². The summed E-state index contributed by atoms with van der Waals surface area (Å²) in [5, 5.41) is 16.7. The van der Waals surface area contributed by atoms with Gasteiger partial charge in [-0.05, 0) is 30.4 Å². The van der Waals surface area contributed by atoms with Crippen LogP contribution in [0.3, 0.4) is 0 Å². The number of hydrogen-bond acceptors (Lipinski definition) is 5. The van der Waals surface area contributed by atoms with Gasteiger partial charge in [-0.3, -0.25) is 19.3 Å². The SMILES string of the molecule is O=C(O)c1nn(CC(=O)N2[C@@H]3C[C@@H]3C[C@H]2C(=O)N[C@@H]2C[C@@]2(F)c2ccccc2)c2cnccc12. The van der Waals surface area contributed by atoms with E-state index in [1.54, 1.807) is 35.2 Å². The van der Waals surface area contributed by atoms with E-state index in [1.807, 2.05) is 6.07 Å². The molecule has 2 N–H and O–H groups in total. The second-order valence-corrected chi connectivity index (χ2v) is 9.31. The third-order valence-electron chi connectivity index (χ3n) is 7.20. The number of nitrogens with zero attached hydrogens (tertiary/aromatic N) is 4. The first kappa shape index (κ1) is 20.8. The van der Waals surface area contributed by atoms with Gasteiger partial charge in [0, 0.05) is 24.0 Å². The number of carboxylic acids is 1. The van der Waals surface area contributed by atoms with E-state index in [2.05, 4.69) is 15.4 Å². The number of hydrogen-bond donors (Lipinski definition) is 2. The smallest absolute Gasteiger partial charge is 0.357 e. The number of alkyl halides is 1. The molecule has 9 nitrogen and oxygen atoms in total. The number of carboxylic acid groups (broad SMARTS) is 1. The number of nitrogens with one attached hydrogen (secondary N) is 1. The molecule has 3 heterocycles. The van der Waals surface area contributed by atoms with E-state index >= 15 is 4.39 Å². The van der Waals surface area contributed by atoms with E-state index in [9.17, 15) is 19.5 Å². The van der Waals surface area contributed by atoms with Crippen molar-refractivity contribution in [3.05, 3.63) is 60.0 Å². The predicted molar refractivity (Wildman–Crippen MR) is 117 cm³/mol. The van der Waals surface area contributed by atoms with Gasteiger partial charge >= 0.3 is 5.97 Å². The maximum atomic E-state index is 15.2. The number of halogens is 1. The van der Waals surface area contributed by atoms with Crippen LogP contribution < -0.4 is 5.32 Å². The summed E-state index contributed by atoms with van der Waals surface area (Å²) in [4.78, 5) is 43.5. The molecule has 0 spiro atoms. The summed E-state index contributed by atoms with van der Waals surface area (Å²) in [5.74, 6) is -1.60. The Morgan fingerprint density at radius 3 is 2.74 bits per heavy atom. The van der Waals surface area contributed by atoms with Crippen molar-refractivity contribution in [3.63, 3.8) is 0 Å². The Balaban J connectivity index is 1.19. The van der Waals surface area contributed by atoms with E-state index in [1.165, 1.54) is 17.1 Å². The summed E-state index contributed by atoms with van der Waals surface area (Å²) < 4.78 is 16.5. The van der Waals surface area contributed by atoms with Crippen LogP contribution in [-0.4, -0.2) is 60.7 Å².